The molecule has 0 aromatic heterocycles. The van der Waals surface area contributed by atoms with Crippen LogP contribution in [0.15, 0.2) is 66.7 Å². The zero-order valence-electron chi connectivity index (χ0n) is 19.5. The van der Waals surface area contributed by atoms with Crippen LogP contribution in [0, 0.1) is 24.0 Å². The molecule has 1 aliphatic heterocycles. The normalized spacial score (nSPS) is 13.2. The fraction of sp³-hybridized carbons (Fsp3) is 0.154. The van der Waals surface area contributed by atoms with Gasteiger partial charge in [0.1, 0.15) is 12.6 Å². The molecule has 182 valence electrons. The van der Waals surface area contributed by atoms with Crippen molar-refractivity contribution in [2.75, 3.05) is 11.9 Å². The molecule has 0 aliphatic carbocycles. The summed E-state index contributed by atoms with van der Waals surface area (Å²) in [6.45, 7) is 3.06. The van der Waals surface area contributed by atoms with E-state index in [1.54, 1.807) is 12.1 Å². The van der Waals surface area contributed by atoms with Crippen LogP contribution in [0.2, 0.25) is 0 Å². The molecule has 4 rings (SSSR count). The first-order valence-electron chi connectivity index (χ1n) is 11.0. The number of nitrogens with zero attached hydrogens (tertiary/aromatic N) is 2. The van der Waals surface area contributed by atoms with Gasteiger partial charge in [-0.2, -0.15) is 0 Å². The largest absolute Gasteiger partial charge is 0.339 e. The van der Waals surface area contributed by atoms with Crippen molar-refractivity contribution in [3.63, 3.8) is 0 Å². The molecular weight excluding hydrogens is 464 g/mol. The van der Waals surface area contributed by atoms with Crippen molar-refractivity contribution in [1.82, 2.24) is 10.2 Å². The summed E-state index contributed by atoms with van der Waals surface area (Å²) in [7, 11) is 0. The molecule has 0 saturated heterocycles. The molecule has 0 unspecified atom stereocenters. The van der Waals surface area contributed by atoms with Gasteiger partial charge in [0.25, 0.3) is 23.4 Å². The summed E-state index contributed by atoms with van der Waals surface area (Å²) in [5.74, 6) is -2.53. The highest BCUT2D eigenvalue weighted by atomic mass is 16.6. The Hall–Kier alpha value is -4.86. The number of non-ortho nitro benzene ring substituents is 1. The standard InChI is InChI=1S/C26H22N4O6/c1-15-6-5-7-16(2)22(15)28-24(32)23(17-10-12-18(13-11-17)30(35)36)27-21(31)14-29-25(33)19-8-3-4-9-20(19)26(29)34/h3-13,23H,14H2,1-2H3,(H,27,31)(H,28,32)/t23-/m1/s1. The van der Waals surface area contributed by atoms with Crippen LogP contribution in [0.3, 0.4) is 0 Å². The van der Waals surface area contributed by atoms with Crippen LogP contribution in [0.25, 0.3) is 0 Å². The quantitative estimate of drug-likeness (QED) is 0.298. The number of aryl methyl sites for hydroxylation is 2. The summed E-state index contributed by atoms with van der Waals surface area (Å²) < 4.78 is 0. The molecule has 3 aromatic rings. The third-order valence-corrected chi connectivity index (χ3v) is 5.91. The number of nitrogens with one attached hydrogen (secondary N) is 2. The molecule has 10 heteroatoms. The summed E-state index contributed by atoms with van der Waals surface area (Å²) in [6.07, 6.45) is 0. The number of nitro groups is 1. The van der Waals surface area contributed by atoms with Gasteiger partial charge in [0.05, 0.1) is 16.1 Å². The van der Waals surface area contributed by atoms with Crippen LogP contribution >= 0.6 is 0 Å². The third-order valence-electron chi connectivity index (χ3n) is 5.91. The van der Waals surface area contributed by atoms with Crippen LogP contribution in [0.4, 0.5) is 11.4 Å². The van der Waals surface area contributed by atoms with Gasteiger partial charge in [0, 0.05) is 17.8 Å². The van der Waals surface area contributed by atoms with Crippen LogP contribution in [-0.2, 0) is 9.59 Å². The Morgan fingerprint density at radius 3 is 1.97 bits per heavy atom. The first-order valence-corrected chi connectivity index (χ1v) is 11.0. The van der Waals surface area contributed by atoms with Gasteiger partial charge in [-0.25, -0.2) is 0 Å². The molecule has 0 fully saturated rings. The lowest BCUT2D eigenvalue weighted by molar-refractivity contribution is -0.384. The summed E-state index contributed by atoms with van der Waals surface area (Å²) in [5, 5.41) is 16.4. The molecule has 1 heterocycles. The predicted octanol–water partition coefficient (Wildman–Crippen LogP) is 3.30. The highest BCUT2D eigenvalue weighted by molar-refractivity contribution is 6.22. The first-order chi connectivity index (χ1) is 17.2. The fourth-order valence-electron chi connectivity index (χ4n) is 4.03. The van der Waals surface area contributed by atoms with Crippen LogP contribution in [-0.4, -0.2) is 40.0 Å². The van der Waals surface area contributed by atoms with Gasteiger partial charge in [0.15, 0.2) is 0 Å². The molecule has 10 nitrogen and oxygen atoms in total. The van der Waals surface area contributed by atoms with Gasteiger partial charge < -0.3 is 10.6 Å². The molecule has 2 N–H and O–H groups in total. The number of carbonyl (C=O) groups excluding carboxylic acids is 4. The summed E-state index contributed by atoms with van der Waals surface area (Å²) >= 11 is 0. The van der Waals surface area contributed by atoms with E-state index in [1.807, 2.05) is 32.0 Å². The van der Waals surface area contributed by atoms with Crippen molar-refractivity contribution in [2.24, 2.45) is 0 Å². The molecule has 0 spiro atoms. The number of anilines is 1. The average molecular weight is 486 g/mol. The summed E-state index contributed by atoms with van der Waals surface area (Å²) in [5.41, 5.74) is 2.71. The Kier molecular flexibility index (Phi) is 6.60. The maximum Gasteiger partial charge on any atom is 0.269 e. The second kappa shape index (κ2) is 9.79. The lowest BCUT2D eigenvalue weighted by atomic mass is 10.0. The molecule has 36 heavy (non-hydrogen) atoms. The number of carbonyl (C=O) groups is 4. The van der Waals surface area contributed by atoms with E-state index in [2.05, 4.69) is 10.6 Å². The number of benzene rings is 3. The van der Waals surface area contributed by atoms with E-state index in [0.717, 1.165) is 16.0 Å². The van der Waals surface area contributed by atoms with E-state index in [9.17, 15) is 29.3 Å². The fourth-order valence-corrected chi connectivity index (χ4v) is 4.03. The first kappa shape index (κ1) is 24.3. The Balaban J connectivity index is 1.58. The smallest absolute Gasteiger partial charge is 0.269 e. The second-order valence-corrected chi connectivity index (χ2v) is 8.35. The SMILES string of the molecule is Cc1cccc(C)c1NC(=O)[C@H](NC(=O)CN1C(=O)c2ccccc2C1=O)c1ccc([N+](=O)[O-])cc1. The van der Waals surface area contributed by atoms with Crippen LogP contribution in [0.5, 0.6) is 0 Å². The van der Waals surface area contributed by atoms with Crippen molar-refractivity contribution in [3.05, 3.63) is 105 Å². The number of para-hydroxylation sites is 1. The molecule has 0 bridgehead atoms. The van der Waals surface area contributed by atoms with Gasteiger partial charge in [-0.05, 0) is 54.8 Å². The zero-order valence-corrected chi connectivity index (χ0v) is 19.5. The van der Waals surface area contributed by atoms with Gasteiger partial charge in [-0.3, -0.25) is 34.2 Å². The molecule has 0 saturated carbocycles. The molecule has 3 aromatic carbocycles. The number of imide groups is 1. The Morgan fingerprint density at radius 1 is 0.889 bits per heavy atom. The highest BCUT2D eigenvalue weighted by Gasteiger charge is 2.37. The molecule has 1 atom stereocenters. The van der Waals surface area contributed by atoms with Crippen molar-refractivity contribution < 1.29 is 24.1 Å². The topological polar surface area (TPSA) is 139 Å². The number of hydrogen-bond donors (Lipinski definition) is 2. The Morgan fingerprint density at radius 2 is 1.44 bits per heavy atom. The lowest BCUT2D eigenvalue weighted by Gasteiger charge is -2.22. The number of nitro benzene ring substituents is 1. The average Bonchev–Trinajstić information content (AvgIpc) is 3.10. The van der Waals surface area contributed by atoms with E-state index in [0.29, 0.717) is 11.3 Å². The predicted molar refractivity (Wildman–Crippen MR) is 130 cm³/mol. The number of rotatable bonds is 7. The van der Waals surface area contributed by atoms with Crippen LogP contribution < -0.4 is 10.6 Å². The summed E-state index contributed by atoms with van der Waals surface area (Å²) in [4.78, 5) is 62.8. The zero-order chi connectivity index (χ0) is 26.0. The van der Waals surface area contributed by atoms with E-state index in [4.69, 9.17) is 0 Å². The molecule has 1 aliphatic rings. The van der Waals surface area contributed by atoms with Gasteiger partial charge in [0.2, 0.25) is 5.91 Å². The highest BCUT2D eigenvalue weighted by Crippen LogP contribution is 2.25. The Labute approximate surface area is 206 Å². The monoisotopic (exact) mass is 486 g/mol. The van der Waals surface area contributed by atoms with Crippen molar-refractivity contribution >= 4 is 35.0 Å². The van der Waals surface area contributed by atoms with Crippen molar-refractivity contribution in [2.45, 2.75) is 19.9 Å². The molecular formula is C26H22N4O6. The van der Waals surface area contributed by atoms with E-state index in [-0.39, 0.29) is 16.8 Å². The van der Waals surface area contributed by atoms with Crippen molar-refractivity contribution in [3.8, 4) is 0 Å². The van der Waals surface area contributed by atoms with Gasteiger partial charge >= 0.3 is 0 Å². The second-order valence-electron chi connectivity index (χ2n) is 8.35. The number of hydrogen-bond acceptors (Lipinski definition) is 6. The minimum Gasteiger partial charge on any atom is -0.339 e. The molecule has 4 amide bonds. The summed E-state index contributed by atoms with van der Waals surface area (Å²) in [6, 6.07) is 15.7. The number of fused-ring (bicyclic) bond motifs is 1. The lowest BCUT2D eigenvalue weighted by Crippen LogP contribution is -2.44. The Bertz CT molecular complexity index is 1340. The van der Waals surface area contributed by atoms with E-state index >= 15 is 0 Å². The maximum absolute atomic E-state index is 13.3. The minimum atomic E-state index is -1.24. The molecule has 0 radical (unpaired) electrons. The van der Waals surface area contributed by atoms with Gasteiger partial charge in [-0.15, -0.1) is 0 Å². The minimum absolute atomic E-state index is 0.176. The van der Waals surface area contributed by atoms with Gasteiger partial charge in [-0.1, -0.05) is 30.3 Å². The maximum atomic E-state index is 13.3. The number of amides is 4. The van der Waals surface area contributed by atoms with E-state index < -0.39 is 41.1 Å². The van der Waals surface area contributed by atoms with E-state index in [1.165, 1.54) is 36.4 Å². The van der Waals surface area contributed by atoms with Crippen LogP contribution in [0.1, 0.15) is 43.4 Å². The van der Waals surface area contributed by atoms with Crippen molar-refractivity contribution in [1.29, 1.82) is 0 Å². The third kappa shape index (κ3) is 4.69.